The monoisotopic (exact) mass is 370 g/mol. The van der Waals surface area contributed by atoms with Crippen molar-refractivity contribution in [3.63, 3.8) is 0 Å². The Labute approximate surface area is 155 Å². The van der Waals surface area contributed by atoms with Crippen molar-refractivity contribution >= 4 is 22.8 Å². The number of aromatic nitrogens is 4. The molecule has 0 aliphatic rings. The average Bonchev–Trinajstić information content (AvgIpc) is 3.07. The first-order chi connectivity index (χ1) is 12.9. The number of benzene rings is 1. The second-order valence-corrected chi connectivity index (χ2v) is 6.10. The van der Waals surface area contributed by atoms with Crippen LogP contribution < -0.4 is 21.4 Å². The summed E-state index contributed by atoms with van der Waals surface area (Å²) in [6.07, 6.45) is 0. The van der Waals surface area contributed by atoms with Gasteiger partial charge in [-0.15, -0.1) is 0 Å². The summed E-state index contributed by atoms with van der Waals surface area (Å²) in [7, 11) is 4.66. The lowest BCUT2D eigenvalue weighted by molar-refractivity contribution is 0.415. The molecule has 3 rings (SSSR count). The maximum Gasteiger partial charge on any atom is 0.332 e. The van der Waals surface area contributed by atoms with Crippen LogP contribution in [0.2, 0.25) is 0 Å². The topological polar surface area (TPSA) is 95.4 Å². The molecule has 9 heteroatoms. The fourth-order valence-corrected chi connectivity index (χ4v) is 2.87. The number of hydrogen-bond donors (Lipinski definition) is 1. The summed E-state index contributed by atoms with van der Waals surface area (Å²) in [5.41, 5.74) is 4.47. The standard InChI is InChI=1S/C18H22N6O3/c1-6-24-14-15(22(3)18(26)23(4)16(14)25)19-17(24)21-20-11(2)12-7-9-13(27-5)10-8-12/h7-10H,6H2,1-5H3,(H,19,21)/b20-11+. The molecule has 1 aromatic carbocycles. The summed E-state index contributed by atoms with van der Waals surface area (Å²) >= 11 is 0. The Kier molecular flexibility index (Phi) is 4.85. The Hall–Kier alpha value is -3.36. The smallest absolute Gasteiger partial charge is 0.332 e. The van der Waals surface area contributed by atoms with E-state index in [1.807, 2.05) is 38.1 Å². The number of hydrogen-bond acceptors (Lipinski definition) is 6. The first-order valence-corrected chi connectivity index (χ1v) is 8.50. The van der Waals surface area contributed by atoms with Gasteiger partial charge in [-0.3, -0.25) is 13.9 Å². The molecule has 0 amide bonds. The van der Waals surface area contributed by atoms with Gasteiger partial charge in [0.1, 0.15) is 5.75 Å². The average molecular weight is 370 g/mol. The SMILES string of the molecule is CCn1c(N/N=C(\C)c2ccc(OC)cc2)nc2c1c(=O)n(C)c(=O)n2C. The van der Waals surface area contributed by atoms with Gasteiger partial charge in [0.15, 0.2) is 11.2 Å². The van der Waals surface area contributed by atoms with Crippen molar-refractivity contribution in [2.75, 3.05) is 12.5 Å². The maximum atomic E-state index is 12.5. The van der Waals surface area contributed by atoms with Gasteiger partial charge in [-0.05, 0) is 43.7 Å². The Bertz CT molecular complexity index is 1140. The van der Waals surface area contributed by atoms with Crippen molar-refractivity contribution in [2.45, 2.75) is 20.4 Å². The van der Waals surface area contributed by atoms with Gasteiger partial charge in [-0.1, -0.05) is 0 Å². The Morgan fingerprint density at radius 2 is 1.85 bits per heavy atom. The molecular weight excluding hydrogens is 348 g/mol. The van der Waals surface area contributed by atoms with E-state index in [1.165, 1.54) is 11.6 Å². The molecule has 0 aliphatic heterocycles. The number of rotatable bonds is 5. The van der Waals surface area contributed by atoms with E-state index in [2.05, 4.69) is 15.5 Å². The van der Waals surface area contributed by atoms with Crippen LogP contribution in [0.5, 0.6) is 5.75 Å². The van der Waals surface area contributed by atoms with E-state index < -0.39 is 5.69 Å². The molecule has 3 aromatic rings. The lowest BCUT2D eigenvalue weighted by Gasteiger charge is -2.07. The second kappa shape index (κ2) is 7.10. The van der Waals surface area contributed by atoms with E-state index >= 15 is 0 Å². The van der Waals surface area contributed by atoms with Crippen LogP contribution in [0.1, 0.15) is 19.4 Å². The number of methoxy groups -OCH3 is 1. The molecule has 0 atom stereocenters. The minimum atomic E-state index is -0.419. The maximum absolute atomic E-state index is 12.5. The van der Waals surface area contributed by atoms with Gasteiger partial charge < -0.3 is 9.30 Å². The number of nitrogens with zero attached hydrogens (tertiary/aromatic N) is 5. The summed E-state index contributed by atoms with van der Waals surface area (Å²) in [6, 6.07) is 7.52. The molecule has 2 heterocycles. The third-order valence-corrected chi connectivity index (χ3v) is 4.50. The zero-order valence-electron chi connectivity index (χ0n) is 16.0. The Morgan fingerprint density at radius 1 is 1.19 bits per heavy atom. The molecule has 0 aliphatic carbocycles. The third kappa shape index (κ3) is 3.12. The van der Waals surface area contributed by atoms with Crippen LogP contribution >= 0.6 is 0 Å². The van der Waals surface area contributed by atoms with Crippen LogP contribution in [-0.2, 0) is 20.6 Å². The normalized spacial score (nSPS) is 11.8. The van der Waals surface area contributed by atoms with Crippen molar-refractivity contribution in [3.8, 4) is 5.75 Å². The fraction of sp³-hybridized carbons (Fsp3) is 0.333. The minimum absolute atomic E-state index is 0.324. The largest absolute Gasteiger partial charge is 0.497 e. The molecule has 0 radical (unpaired) electrons. The van der Waals surface area contributed by atoms with Gasteiger partial charge in [0.2, 0.25) is 5.95 Å². The number of hydrazone groups is 1. The van der Waals surface area contributed by atoms with Crippen molar-refractivity contribution in [2.24, 2.45) is 19.2 Å². The van der Waals surface area contributed by atoms with Crippen molar-refractivity contribution < 1.29 is 4.74 Å². The van der Waals surface area contributed by atoms with Crippen LogP contribution in [0, 0.1) is 0 Å². The van der Waals surface area contributed by atoms with E-state index in [0.29, 0.717) is 23.7 Å². The molecule has 0 saturated carbocycles. The zero-order valence-corrected chi connectivity index (χ0v) is 16.0. The van der Waals surface area contributed by atoms with Crippen LogP contribution in [0.4, 0.5) is 5.95 Å². The molecule has 1 N–H and O–H groups in total. The molecule has 0 bridgehead atoms. The second-order valence-electron chi connectivity index (χ2n) is 6.10. The van der Waals surface area contributed by atoms with Gasteiger partial charge in [0, 0.05) is 20.6 Å². The number of nitrogens with one attached hydrogen (secondary N) is 1. The van der Waals surface area contributed by atoms with Gasteiger partial charge in [0.05, 0.1) is 12.8 Å². The molecule has 0 spiro atoms. The Balaban J connectivity index is 2.04. The molecule has 2 aromatic heterocycles. The van der Waals surface area contributed by atoms with Gasteiger partial charge >= 0.3 is 5.69 Å². The number of imidazole rings is 1. The van der Waals surface area contributed by atoms with Crippen molar-refractivity contribution in [1.29, 1.82) is 0 Å². The predicted octanol–water partition coefficient (Wildman–Crippen LogP) is 1.30. The van der Waals surface area contributed by atoms with Crippen LogP contribution in [0.25, 0.3) is 11.2 Å². The van der Waals surface area contributed by atoms with E-state index in [1.54, 1.807) is 18.7 Å². The number of fused-ring (bicyclic) bond motifs is 1. The highest BCUT2D eigenvalue weighted by Gasteiger charge is 2.18. The molecule has 9 nitrogen and oxygen atoms in total. The molecular formula is C18H22N6O3. The quantitative estimate of drug-likeness (QED) is 0.539. The van der Waals surface area contributed by atoms with E-state index in [4.69, 9.17) is 4.74 Å². The summed E-state index contributed by atoms with van der Waals surface area (Å²) in [5, 5.41) is 4.37. The lowest BCUT2D eigenvalue weighted by Crippen LogP contribution is -2.37. The highest BCUT2D eigenvalue weighted by atomic mass is 16.5. The number of aryl methyl sites for hydroxylation is 2. The molecule has 0 fully saturated rings. The summed E-state index contributed by atoms with van der Waals surface area (Å²) in [6.45, 7) is 4.27. The van der Waals surface area contributed by atoms with Crippen LogP contribution in [0.3, 0.4) is 0 Å². The summed E-state index contributed by atoms with van der Waals surface area (Å²) in [5.74, 6) is 1.17. The van der Waals surface area contributed by atoms with Crippen LogP contribution in [-0.4, -0.2) is 31.5 Å². The highest BCUT2D eigenvalue weighted by Crippen LogP contribution is 2.16. The molecule has 27 heavy (non-hydrogen) atoms. The van der Waals surface area contributed by atoms with Crippen molar-refractivity contribution in [3.05, 3.63) is 50.7 Å². The third-order valence-electron chi connectivity index (χ3n) is 4.50. The fourth-order valence-electron chi connectivity index (χ4n) is 2.87. The number of ether oxygens (including phenoxy) is 1. The van der Waals surface area contributed by atoms with Gasteiger partial charge in [-0.2, -0.15) is 10.1 Å². The molecule has 0 unspecified atom stereocenters. The highest BCUT2D eigenvalue weighted by molar-refractivity contribution is 5.99. The Morgan fingerprint density at radius 3 is 2.44 bits per heavy atom. The molecule has 142 valence electrons. The lowest BCUT2D eigenvalue weighted by atomic mass is 10.1. The van der Waals surface area contributed by atoms with E-state index in [-0.39, 0.29) is 5.56 Å². The number of anilines is 1. The van der Waals surface area contributed by atoms with Gasteiger partial charge in [0.25, 0.3) is 5.56 Å². The first-order valence-electron chi connectivity index (χ1n) is 8.50. The summed E-state index contributed by atoms with van der Waals surface area (Å²) in [4.78, 5) is 29.1. The van der Waals surface area contributed by atoms with E-state index in [9.17, 15) is 9.59 Å². The molecule has 0 saturated heterocycles. The van der Waals surface area contributed by atoms with Crippen LogP contribution in [0.15, 0.2) is 39.0 Å². The van der Waals surface area contributed by atoms with Crippen molar-refractivity contribution in [1.82, 2.24) is 18.7 Å². The minimum Gasteiger partial charge on any atom is -0.497 e. The van der Waals surface area contributed by atoms with Gasteiger partial charge in [-0.25, -0.2) is 10.2 Å². The van der Waals surface area contributed by atoms with E-state index in [0.717, 1.165) is 21.6 Å². The predicted molar refractivity (Wildman–Crippen MR) is 105 cm³/mol. The summed E-state index contributed by atoms with van der Waals surface area (Å²) < 4.78 is 9.30. The zero-order chi connectivity index (χ0) is 19.7. The first kappa shape index (κ1) is 18.4.